The number of quaternary nitrogens is 2. The van der Waals surface area contributed by atoms with Gasteiger partial charge in [0.15, 0.2) is 13.1 Å². The van der Waals surface area contributed by atoms with Gasteiger partial charge in [0.1, 0.15) is 12.3 Å². The number of hydrogen-bond donors (Lipinski definition) is 3. The molecule has 3 N–H and O–H groups in total. The van der Waals surface area contributed by atoms with Gasteiger partial charge in [0, 0.05) is 12.6 Å². The van der Waals surface area contributed by atoms with Crippen molar-refractivity contribution in [2.24, 2.45) is 0 Å². The van der Waals surface area contributed by atoms with Gasteiger partial charge < -0.3 is 24.8 Å². The zero-order valence-electron chi connectivity index (χ0n) is 17.6. The lowest BCUT2D eigenvalue weighted by atomic mass is 10.1. The van der Waals surface area contributed by atoms with Crippen LogP contribution in [0.2, 0.25) is 0 Å². The van der Waals surface area contributed by atoms with Crippen LogP contribution >= 0.6 is 0 Å². The number of benzene rings is 2. The van der Waals surface area contributed by atoms with E-state index in [1.807, 2.05) is 17.0 Å². The number of rotatable bonds is 7. The first-order valence-electron chi connectivity index (χ1n) is 10.2. The average molecular weight is 401 g/mol. The standard InChI is InChI=1S/C22H30N4O3/c1-23-21(27)15-25-8-10-26(11-9-25)22(28)16-24(2)14-17-4-5-19-13-20(29-3)7-6-18(19)12-17/h4-7,12-13H,8-11,14-16H2,1-3H3,(H,23,27)/p+2. The van der Waals surface area contributed by atoms with Gasteiger partial charge in [-0.1, -0.05) is 18.2 Å². The van der Waals surface area contributed by atoms with Crippen LogP contribution in [0.25, 0.3) is 10.8 Å². The molecule has 2 aromatic carbocycles. The lowest BCUT2D eigenvalue weighted by Gasteiger charge is -2.32. The maximum absolute atomic E-state index is 12.7. The second kappa shape index (κ2) is 9.71. The Morgan fingerprint density at radius 2 is 1.83 bits per heavy atom. The number of ether oxygens (including phenoxy) is 1. The van der Waals surface area contributed by atoms with Gasteiger partial charge in [0.2, 0.25) is 0 Å². The maximum Gasteiger partial charge on any atom is 0.278 e. The third-order valence-electron chi connectivity index (χ3n) is 5.58. The fraction of sp³-hybridized carbons (Fsp3) is 0.455. The van der Waals surface area contributed by atoms with E-state index in [9.17, 15) is 9.59 Å². The molecule has 7 nitrogen and oxygen atoms in total. The van der Waals surface area contributed by atoms with Gasteiger partial charge in [0.05, 0.1) is 40.3 Å². The fourth-order valence-electron chi connectivity index (χ4n) is 3.86. The third-order valence-corrected chi connectivity index (χ3v) is 5.58. The molecule has 0 aliphatic carbocycles. The van der Waals surface area contributed by atoms with Crippen LogP contribution in [0.3, 0.4) is 0 Å². The number of nitrogens with zero attached hydrogens (tertiary/aromatic N) is 1. The van der Waals surface area contributed by atoms with Crippen LogP contribution < -0.4 is 19.9 Å². The molecule has 1 aliphatic heterocycles. The molecule has 0 bridgehead atoms. The summed E-state index contributed by atoms with van der Waals surface area (Å²) in [5, 5.41) is 4.99. The minimum Gasteiger partial charge on any atom is -0.497 e. The maximum atomic E-state index is 12.7. The molecule has 1 unspecified atom stereocenters. The molecule has 0 radical (unpaired) electrons. The molecule has 0 spiro atoms. The number of hydrogen-bond acceptors (Lipinski definition) is 3. The third kappa shape index (κ3) is 5.68. The summed E-state index contributed by atoms with van der Waals surface area (Å²) in [6.07, 6.45) is 0. The zero-order valence-corrected chi connectivity index (χ0v) is 17.6. The average Bonchev–Trinajstić information content (AvgIpc) is 2.73. The first-order chi connectivity index (χ1) is 14.0. The molecule has 2 aromatic rings. The van der Waals surface area contributed by atoms with E-state index in [1.165, 1.54) is 20.7 Å². The quantitative estimate of drug-likeness (QED) is 0.521. The Morgan fingerprint density at radius 1 is 1.14 bits per heavy atom. The second-order valence-electron chi connectivity index (χ2n) is 7.84. The van der Waals surface area contributed by atoms with Crippen molar-refractivity contribution >= 4 is 22.6 Å². The van der Waals surface area contributed by atoms with E-state index in [1.54, 1.807) is 14.2 Å². The highest BCUT2D eigenvalue weighted by atomic mass is 16.5. The van der Waals surface area contributed by atoms with E-state index in [-0.39, 0.29) is 11.8 Å². The summed E-state index contributed by atoms with van der Waals surface area (Å²) in [7, 11) is 5.39. The number of carbonyl (C=O) groups excluding carboxylic acids is 2. The van der Waals surface area contributed by atoms with Gasteiger partial charge in [-0.2, -0.15) is 0 Å². The van der Waals surface area contributed by atoms with Gasteiger partial charge in [-0.05, 0) is 29.0 Å². The number of piperazine rings is 1. The van der Waals surface area contributed by atoms with Crippen LogP contribution in [-0.4, -0.2) is 77.2 Å². The largest absolute Gasteiger partial charge is 0.497 e. The number of carbonyl (C=O) groups is 2. The summed E-state index contributed by atoms with van der Waals surface area (Å²) in [4.78, 5) is 28.5. The van der Waals surface area contributed by atoms with Crippen molar-refractivity contribution in [1.29, 1.82) is 0 Å². The molecule has 29 heavy (non-hydrogen) atoms. The number of methoxy groups -OCH3 is 1. The molecular weight excluding hydrogens is 368 g/mol. The van der Waals surface area contributed by atoms with E-state index >= 15 is 0 Å². The Morgan fingerprint density at radius 3 is 2.52 bits per heavy atom. The molecule has 1 aliphatic rings. The first kappa shape index (κ1) is 21.1. The predicted octanol–water partition coefficient (Wildman–Crippen LogP) is -1.66. The van der Waals surface area contributed by atoms with E-state index in [4.69, 9.17) is 4.74 Å². The van der Waals surface area contributed by atoms with Crippen LogP contribution in [0, 0.1) is 0 Å². The van der Waals surface area contributed by atoms with Crippen molar-refractivity contribution in [1.82, 2.24) is 10.2 Å². The van der Waals surface area contributed by atoms with Crippen molar-refractivity contribution in [3.8, 4) is 5.75 Å². The molecule has 0 saturated carbocycles. The molecule has 1 heterocycles. The topological polar surface area (TPSA) is 67.5 Å². The molecule has 156 valence electrons. The highest BCUT2D eigenvalue weighted by Gasteiger charge is 2.26. The molecule has 1 fully saturated rings. The molecule has 1 saturated heterocycles. The summed E-state index contributed by atoms with van der Waals surface area (Å²) < 4.78 is 5.28. The number of likely N-dealkylation sites (N-methyl/N-ethyl adjacent to an activating group) is 2. The molecule has 0 aromatic heterocycles. The Bertz CT molecular complexity index is 862. The summed E-state index contributed by atoms with van der Waals surface area (Å²) in [5.74, 6) is 1.10. The Hall–Kier alpha value is -2.64. The number of nitrogens with one attached hydrogen (secondary N) is 3. The molecule has 2 amide bonds. The van der Waals surface area contributed by atoms with Crippen LogP contribution in [-0.2, 0) is 16.1 Å². The van der Waals surface area contributed by atoms with E-state index in [0.29, 0.717) is 13.1 Å². The van der Waals surface area contributed by atoms with Crippen LogP contribution in [0.4, 0.5) is 0 Å². The first-order valence-corrected chi connectivity index (χ1v) is 10.2. The van der Waals surface area contributed by atoms with Gasteiger partial charge in [0.25, 0.3) is 11.8 Å². The van der Waals surface area contributed by atoms with Crippen LogP contribution in [0.5, 0.6) is 5.75 Å². The number of amides is 2. The molecule has 1 atom stereocenters. The normalized spacial score (nSPS) is 15.9. The Labute approximate surface area is 172 Å². The van der Waals surface area contributed by atoms with E-state index in [2.05, 4.69) is 36.6 Å². The predicted molar refractivity (Wildman–Crippen MR) is 112 cm³/mol. The summed E-state index contributed by atoms with van der Waals surface area (Å²) in [5.41, 5.74) is 1.22. The number of fused-ring (bicyclic) bond motifs is 1. The highest BCUT2D eigenvalue weighted by molar-refractivity contribution is 5.84. The van der Waals surface area contributed by atoms with E-state index in [0.717, 1.165) is 43.9 Å². The van der Waals surface area contributed by atoms with Crippen LogP contribution in [0.15, 0.2) is 36.4 Å². The smallest absolute Gasteiger partial charge is 0.278 e. The Balaban J connectivity index is 1.50. The zero-order chi connectivity index (χ0) is 20.8. The summed E-state index contributed by atoms with van der Waals surface area (Å²) >= 11 is 0. The summed E-state index contributed by atoms with van der Waals surface area (Å²) in [6, 6.07) is 12.5. The SMILES string of the molecule is CNC(=O)C[NH+]1CCN(C(=O)C[NH+](C)Cc2ccc3cc(OC)ccc3c2)CC1. The van der Waals surface area contributed by atoms with Crippen molar-refractivity contribution in [2.45, 2.75) is 6.54 Å². The monoisotopic (exact) mass is 400 g/mol. The van der Waals surface area contributed by atoms with Gasteiger partial charge in [-0.3, -0.25) is 9.59 Å². The van der Waals surface area contributed by atoms with Gasteiger partial charge in [-0.15, -0.1) is 0 Å². The minimum atomic E-state index is 0.0535. The highest BCUT2D eigenvalue weighted by Crippen LogP contribution is 2.21. The summed E-state index contributed by atoms with van der Waals surface area (Å²) in [6.45, 7) is 4.85. The van der Waals surface area contributed by atoms with Crippen LogP contribution in [0.1, 0.15) is 5.56 Å². The Kier molecular flexibility index (Phi) is 7.06. The van der Waals surface area contributed by atoms with Crippen molar-refractivity contribution in [2.75, 3.05) is 60.5 Å². The van der Waals surface area contributed by atoms with Gasteiger partial charge >= 0.3 is 0 Å². The molecule has 7 heteroatoms. The molecular formula is C22H32N4O3+2. The van der Waals surface area contributed by atoms with E-state index < -0.39 is 0 Å². The minimum absolute atomic E-state index is 0.0535. The van der Waals surface area contributed by atoms with Crippen molar-refractivity contribution < 1.29 is 24.1 Å². The second-order valence-corrected chi connectivity index (χ2v) is 7.84. The lowest BCUT2D eigenvalue weighted by Crippen LogP contribution is -3.16. The molecule has 3 rings (SSSR count). The lowest BCUT2D eigenvalue weighted by molar-refractivity contribution is -0.897. The van der Waals surface area contributed by atoms with Crippen molar-refractivity contribution in [3.63, 3.8) is 0 Å². The van der Waals surface area contributed by atoms with Gasteiger partial charge in [-0.25, -0.2) is 0 Å². The van der Waals surface area contributed by atoms with Crippen molar-refractivity contribution in [3.05, 3.63) is 42.0 Å². The fourth-order valence-corrected chi connectivity index (χ4v) is 3.86.